The predicted octanol–water partition coefficient (Wildman–Crippen LogP) is -0.636. The summed E-state index contributed by atoms with van der Waals surface area (Å²) in [6, 6.07) is -0.747. The molecular formula is C7H15N2O4P. The SMILES string of the molecule is C[C@H](N)C(=O)NC(C1CC1)P(=O)(O)O. The number of amides is 1. The Hall–Kier alpha value is -0.420. The Kier molecular flexibility index (Phi) is 3.32. The molecule has 82 valence electrons. The van der Waals surface area contributed by atoms with E-state index in [0.717, 1.165) is 12.8 Å². The van der Waals surface area contributed by atoms with Crippen LogP contribution in [0.15, 0.2) is 0 Å². The van der Waals surface area contributed by atoms with Gasteiger partial charge in [0.1, 0.15) is 5.78 Å². The van der Waals surface area contributed by atoms with E-state index in [2.05, 4.69) is 5.32 Å². The van der Waals surface area contributed by atoms with Crippen molar-refractivity contribution in [2.24, 2.45) is 11.7 Å². The highest BCUT2D eigenvalue weighted by Crippen LogP contribution is 2.51. The summed E-state index contributed by atoms with van der Waals surface area (Å²) in [4.78, 5) is 29.1. The van der Waals surface area contributed by atoms with Gasteiger partial charge in [-0.3, -0.25) is 9.36 Å². The molecule has 0 aromatic heterocycles. The van der Waals surface area contributed by atoms with E-state index in [0.29, 0.717) is 0 Å². The van der Waals surface area contributed by atoms with Gasteiger partial charge >= 0.3 is 7.60 Å². The van der Waals surface area contributed by atoms with Crippen molar-refractivity contribution in [2.45, 2.75) is 31.6 Å². The zero-order valence-corrected chi connectivity index (χ0v) is 8.78. The van der Waals surface area contributed by atoms with Crippen LogP contribution in [0.5, 0.6) is 0 Å². The van der Waals surface area contributed by atoms with Crippen molar-refractivity contribution in [1.29, 1.82) is 0 Å². The highest BCUT2D eigenvalue weighted by molar-refractivity contribution is 7.52. The lowest BCUT2D eigenvalue weighted by Gasteiger charge is -2.20. The molecule has 1 rings (SSSR count). The zero-order chi connectivity index (χ0) is 10.9. The Labute approximate surface area is 82.0 Å². The van der Waals surface area contributed by atoms with E-state index in [1.807, 2.05) is 0 Å². The lowest BCUT2D eigenvalue weighted by molar-refractivity contribution is -0.122. The average molecular weight is 222 g/mol. The normalized spacial score (nSPS) is 21.4. The fourth-order valence-corrected chi connectivity index (χ4v) is 2.31. The fraction of sp³-hybridized carbons (Fsp3) is 0.857. The molecule has 2 atom stereocenters. The maximum absolute atomic E-state index is 11.2. The third-order valence-corrected chi connectivity index (χ3v) is 3.41. The molecule has 0 aromatic rings. The molecule has 1 unspecified atom stereocenters. The molecule has 6 nitrogen and oxygen atoms in total. The number of nitrogens with two attached hydrogens (primary N) is 1. The van der Waals surface area contributed by atoms with E-state index in [4.69, 9.17) is 15.5 Å². The van der Waals surface area contributed by atoms with Gasteiger partial charge in [0.2, 0.25) is 5.91 Å². The van der Waals surface area contributed by atoms with Gasteiger partial charge in [-0.25, -0.2) is 0 Å². The first kappa shape index (κ1) is 11.7. The maximum Gasteiger partial charge on any atom is 0.347 e. The summed E-state index contributed by atoms with van der Waals surface area (Å²) in [5.74, 6) is -1.68. The van der Waals surface area contributed by atoms with Crippen molar-refractivity contribution in [1.82, 2.24) is 5.32 Å². The standard InChI is InChI=1S/C7H15N2O4P/c1-4(8)6(10)9-7(5-2-3-5)14(11,12)13/h4-5,7H,2-3,8H2,1H3,(H,9,10)(H2,11,12,13)/t4-,7?/m0/s1. The van der Waals surface area contributed by atoms with Gasteiger partial charge in [-0.15, -0.1) is 0 Å². The van der Waals surface area contributed by atoms with Crippen LogP contribution in [0.25, 0.3) is 0 Å². The van der Waals surface area contributed by atoms with Gasteiger partial charge in [0.15, 0.2) is 0 Å². The lowest BCUT2D eigenvalue weighted by Crippen LogP contribution is -2.44. The van der Waals surface area contributed by atoms with Gasteiger partial charge in [0, 0.05) is 0 Å². The third kappa shape index (κ3) is 3.06. The first-order valence-electron chi connectivity index (χ1n) is 4.43. The minimum absolute atomic E-state index is 0.0986. The second-order valence-electron chi connectivity index (χ2n) is 3.67. The van der Waals surface area contributed by atoms with Crippen molar-refractivity contribution in [3.8, 4) is 0 Å². The zero-order valence-electron chi connectivity index (χ0n) is 7.88. The van der Waals surface area contributed by atoms with E-state index in [-0.39, 0.29) is 5.92 Å². The minimum atomic E-state index is -4.25. The summed E-state index contributed by atoms with van der Waals surface area (Å²) >= 11 is 0. The Morgan fingerprint density at radius 3 is 2.36 bits per heavy atom. The second-order valence-corrected chi connectivity index (χ2v) is 5.40. The van der Waals surface area contributed by atoms with Crippen LogP contribution in [0.2, 0.25) is 0 Å². The van der Waals surface area contributed by atoms with E-state index in [1.165, 1.54) is 6.92 Å². The highest BCUT2D eigenvalue weighted by Gasteiger charge is 2.43. The van der Waals surface area contributed by atoms with Crippen molar-refractivity contribution in [3.05, 3.63) is 0 Å². The molecule has 0 aliphatic heterocycles. The molecule has 0 heterocycles. The molecule has 0 bridgehead atoms. The number of carbonyl (C=O) groups is 1. The Bertz CT molecular complexity index is 271. The largest absolute Gasteiger partial charge is 0.347 e. The molecular weight excluding hydrogens is 207 g/mol. The molecule has 14 heavy (non-hydrogen) atoms. The first-order valence-corrected chi connectivity index (χ1v) is 6.11. The molecule has 1 aliphatic carbocycles. The van der Waals surface area contributed by atoms with Gasteiger partial charge < -0.3 is 20.8 Å². The summed E-state index contributed by atoms with van der Waals surface area (Å²) in [6.45, 7) is 1.47. The Morgan fingerprint density at radius 1 is 1.57 bits per heavy atom. The Morgan fingerprint density at radius 2 is 2.07 bits per heavy atom. The van der Waals surface area contributed by atoms with Crippen LogP contribution in [0, 0.1) is 5.92 Å². The summed E-state index contributed by atoms with van der Waals surface area (Å²) < 4.78 is 11.0. The maximum atomic E-state index is 11.2. The van der Waals surface area contributed by atoms with Gasteiger partial charge in [0.05, 0.1) is 6.04 Å². The molecule has 0 saturated heterocycles. The van der Waals surface area contributed by atoms with E-state index < -0.39 is 25.3 Å². The predicted molar refractivity (Wildman–Crippen MR) is 50.3 cm³/mol. The van der Waals surface area contributed by atoms with Crippen LogP contribution in [-0.2, 0) is 9.36 Å². The lowest BCUT2D eigenvalue weighted by atomic mass is 10.3. The van der Waals surface area contributed by atoms with Crippen LogP contribution < -0.4 is 11.1 Å². The topological polar surface area (TPSA) is 113 Å². The summed E-state index contributed by atoms with van der Waals surface area (Å²) in [5, 5.41) is 2.29. The average Bonchev–Trinajstić information content (AvgIpc) is 2.79. The summed E-state index contributed by atoms with van der Waals surface area (Å²) in [6.07, 6.45) is 1.49. The third-order valence-electron chi connectivity index (χ3n) is 2.13. The van der Waals surface area contributed by atoms with Crippen molar-refractivity contribution < 1.29 is 19.1 Å². The molecule has 1 saturated carbocycles. The minimum Gasteiger partial charge on any atom is -0.340 e. The molecule has 0 aromatic carbocycles. The molecule has 0 radical (unpaired) electrons. The van der Waals surface area contributed by atoms with Crippen molar-refractivity contribution >= 4 is 13.5 Å². The summed E-state index contributed by atoms with van der Waals surface area (Å²) in [5.41, 5.74) is 5.28. The summed E-state index contributed by atoms with van der Waals surface area (Å²) in [7, 11) is -4.25. The van der Waals surface area contributed by atoms with Crippen LogP contribution in [0.1, 0.15) is 19.8 Å². The number of rotatable bonds is 4. The first-order chi connectivity index (χ1) is 6.32. The molecule has 5 N–H and O–H groups in total. The van der Waals surface area contributed by atoms with Crippen molar-refractivity contribution in [3.63, 3.8) is 0 Å². The highest BCUT2D eigenvalue weighted by atomic mass is 31.2. The number of nitrogens with one attached hydrogen (secondary N) is 1. The van der Waals surface area contributed by atoms with Crippen LogP contribution >= 0.6 is 7.60 Å². The van der Waals surface area contributed by atoms with Crippen LogP contribution in [0.3, 0.4) is 0 Å². The van der Waals surface area contributed by atoms with Crippen LogP contribution in [0.4, 0.5) is 0 Å². The monoisotopic (exact) mass is 222 g/mol. The molecule has 0 spiro atoms. The second kappa shape index (κ2) is 3.98. The molecule has 7 heteroatoms. The molecule has 1 amide bonds. The number of carbonyl (C=O) groups excluding carboxylic acids is 1. The van der Waals surface area contributed by atoms with Gasteiger partial charge in [-0.2, -0.15) is 0 Å². The van der Waals surface area contributed by atoms with E-state index in [1.54, 1.807) is 0 Å². The Balaban J connectivity index is 2.61. The van der Waals surface area contributed by atoms with E-state index in [9.17, 15) is 9.36 Å². The smallest absolute Gasteiger partial charge is 0.340 e. The van der Waals surface area contributed by atoms with Gasteiger partial charge in [-0.1, -0.05) is 0 Å². The van der Waals surface area contributed by atoms with Gasteiger partial charge in [-0.05, 0) is 25.7 Å². The molecule has 1 fully saturated rings. The quantitative estimate of drug-likeness (QED) is 0.473. The fourth-order valence-electron chi connectivity index (χ4n) is 1.17. The van der Waals surface area contributed by atoms with Crippen molar-refractivity contribution in [2.75, 3.05) is 0 Å². The van der Waals surface area contributed by atoms with Gasteiger partial charge in [0.25, 0.3) is 0 Å². The molecule has 1 aliphatic rings. The number of hydrogen-bond acceptors (Lipinski definition) is 3. The van der Waals surface area contributed by atoms with E-state index >= 15 is 0 Å². The van der Waals surface area contributed by atoms with Crippen LogP contribution in [-0.4, -0.2) is 27.5 Å². The number of hydrogen-bond donors (Lipinski definition) is 4.